The SMILES string of the molecule is CNCCOCC(=O)Nc1ccc(NC)cc1. The molecule has 0 saturated carbocycles. The fourth-order valence-electron chi connectivity index (χ4n) is 1.26. The summed E-state index contributed by atoms with van der Waals surface area (Å²) in [5.74, 6) is -0.140. The first kappa shape index (κ1) is 13.5. The molecule has 1 amide bonds. The van der Waals surface area contributed by atoms with Crippen molar-refractivity contribution in [2.24, 2.45) is 0 Å². The predicted octanol–water partition coefficient (Wildman–Crippen LogP) is 0.903. The van der Waals surface area contributed by atoms with Gasteiger partial charge in [-0.05, 0) is 31.3 Å². The van der Waals surface area contributed by atoms with Crippen LogP contribution in [0.2, 0.25) is 0 Å². The number of rotatable bonds is 7. The summed E-state index contributed by atoms with van der Waals surface area (Å²) in [5, 5.41) is 8.71. The van der Waals surface area contributed by atoms with Crippen LogP contribution >= 0.6 is 0 Å². The number of hydrogen-bond donors (Lipinski definition) is 3. The Hall–Kier alpha value is -1.59. The molecule has 0 aliphatic rings. The van der Waals surface area contributed by atoms with Crippen molar-refractivity contribution in [3.05, 3.63) is 24.3 Å². The third-order valence-corrected chi connectivity index (χ3v) is 2.19. The van der Waals surface area contributed by atoms with E-state index in [2.05, 4.69) is 16.0 Å². The van der Waals surface area contributed by atoms with Gasteiger partial charge in [0.1, 0.15) is 6.61 Å². The van der Waals surface area contributed by atoms with Crippen molar-refractivity contribution < 1.29 is 9.53 Å². The highest BCUT2D eigenvalue weighted by molar-refractivity contribution is 5.91. The maximum absolute atomic E-state index is 11.5. The Morgan fingerprint density at radius 3 is 2.41 bits per heavy atom. The number of nitrogens with one attached hydrogen (secondary N) is 3. The van der Waals surface area contributed by atoms with Gasteiger partial charge in [0, 0.05) is 25.0 Å². The molecule has 5 heteroatoms. The Labute approximate surface area is 102 Å². The van der Waals surface area contributed by atoms with Gasteiger partial charge in [0.2, 0.25) is 5.91 Å². The normalized spacial score (nSPS) is 10.0. The van der Waals surface area contributed by atoms with Gasteiger partial charge < -0.3 is 20.7 Å². The zero-order valence-electron chi connectivity index (χ0n) is 10.2. The van der Waals surface area contributed by atoms with E-state index >= 15 is 0 Å². The lowest BCUT2D eigenvalue weighted by Crippen LogP contribution is -2.21. The Kier molecular flexibility index (Phi) is 6.06. The number of carbonyl (C=O) groups excluding carboxylic acids is 1. The monoisotopic (exact) mass is 237 g/mol. The Morgan fingerprint density at radius 2 is 1.82 bits per heavy atom. The molecule has 0 spiro atoms. The van der Waals surface area contributed by atoms with E-state index in [1.165, 1.54) is 0 Å². The highest BCUT2D eigenvalue weighted by atomic mass is 16.5. The van der Waals surface area contributed by atoms with Crippen LogP contribution in [-0.2, 0) is 9.53 Å². The summed E-state index contributed by atoms with van der Waals surface area (Å²) in [5.41, 5.74) is 1.78. The molecule has 0 heterocycles. The fourth-order valence-corrected chi connectivity index (χ4v) is 1.26. The molecule has 0 fully saturated rings. The molecule has 1 aromatic rings. The van der Waals surface area contributed by atoms with Gasteiger partial charge in [-0.1, -0.05) is 0 Å². The number of amides is 1. The molecule has 5 nitrogen and oxygen atoms in total. The molecule has 0 saturated heterocycles. The zero-order valence-corrected chi connectivity index (χ0v) is 10.2. The molecule has 3 N–H and O–H groups in total. The van der Waals surface area contributed by atoms with Crippen LogP contribution in [0.4, 0.5) is 11.4 Å². The van der Waals surface area contributed by atoms with Crippen LogP contribution in [0.15, 0.2) is 24.3 Å². The van der Waals surface area contributed by atoms with E-state index in [1.807, 2.05) is 38.4 Å². The molecule has 94 valence electrons. The first-order chi connectivity index (χ1) is 8.26. The molecule has 17 heavy (non-hydrogen) atoms. The summed E-state index contributed by atoms with van der Waals surface area (Å²) in [4.78, 5) is 11.5. The second-order valence-corrected chi connectivity index (χ2v) is 3.53. The maximum Gasteiger partial charge on any atom is 0.250 e. The molecule has 0 radical (unpaired) electrons. The summed E-state index contributed by atoms with van der Waals surface area (Å²) in [6.45, 7) is 1.35. The summed E-state index contributed by atoms with van der Waals surface area (Å²) in [7, 11) is 3.69. The van der Waals surface area contributed by atoms with Crippen molar-refractivity contribution in [2.45, 2.75) is 0 Å². The summed E-state index contributed by atoms with van der Waals surface area (Å²) >= 11 is 0. The van der Waals surface area contributed by atoms with E-state index < -0.39 is 0 Å². The third-order valence-electron chi connectivity index (χ3n) is 2.19. The second kappa shape index (κ2) is 7.65. The van der Waals surface area contributed by atoms with E-state index in [0.29, 0.717) is 6.61 Å². The number of likely N-dealkylation sites (N-methyl/N-ethyl adjacent to an activating group) is 1. The van der Waals surface area contributed by atoms with E-state index in [9.17, 15) is 4.79 Å². The highest BCUT2D eigenvalue weighted by Gasteiger charge is 2.01. The van der Waals surface area contributed by atoms with Crippen LogP contribution in [0, 0.1) is 0 Å². The molecule has 0 unspecified atom stereocenters. The first-order valence-electron chi connectivity index (χ1n) is 5.56. The van der Waals surface area contributed by atoms with E-state index in [-0.39, 0.29) is 12.5 Å². The molecule has 0 aliphatic carbocycles. The van der Waals surface area contributed by atoms with Gasteiger partial charge in [-0.2, -0.15) is 0 Å². The first-order valence-corrected chi connectivity index (χ1v) is 5.56. The highest BCUT2D eigenvalue weighted by Crippen LogP contribution is 2.12. The minimum atomic E-state index is -0.140. The minimum absolute atomic E-state index is 0.0788. The largest absolute Gasteiger partial charge is 0.388 e. The number of hydrogen-bond acceptors (Lipinski definition) is 4. The van der Waals surface area contributed by atoms with E-state index in [1.54, 1.807) is 0 Å². The molecular weight excluding hydrogens is 218 g/mol. The molecule has 0 aromatic heterocycles. The smallest absolute Gasteiger partial charge is 0.250 e. The molecule has 0 aliphatic heterocycles. The lowest BCUT2D eigenvalue weighted by molar-refractivity contribution is -0.120. The lowest BCUT2D eigenvalue weighted by Gasteiger charge is -2.07. The standard InChI is InChI=1S/C12H19N3O2/c1-13-7-8-17-9-12(16)15-11-5-3-10(14-2)4-6-11/h3-6,13-14H,7-9H2,1-2H3,(H,15,16). The van der Waals surface area contributed by atoms with Gasteiger partial charge in [-0.25, -0.2) is 0 Å². The van der Waals surface area contributed by atoms with Gasteiger partial charge in [0.25, 0.3) is 0 Å². The van der Waals surface area contributed by atoms with Crippen LogP contribution in [0.1, 0.15) is 0 Å². The van der Waals surface area contributed by atoms with Gasteiger partial charge in [-0.3, -0.25) is 4.79 Å². The van der Waals surface area contributed by atoms with Crippen molar-refractivity contribution >= 4 is 17.3 Å². The zero-order chi connectivity index (χ0) is 12.5. The predicted molar refractivity (Wildman–Crippen MR) is 69.4 cm³/mol. The molecule has 1 aromatic carbocycles. The van der Waals surface area contributed by atoms with Gasteiger partial charge in [0.15, 0.2) is 0 Å². The van der Waals surface area contributed by atoms with Crippen molar-refractivity contribution in [3.63, 3.8) is 0 Å². The number of benzene rings is 1. The van der Waals surface area contributed by atoms with Gasteiger partial charge in [0.05, 0.1) is 6.61 Å². The molecule has 0 bridgehead atoms. The Bertz CT molecular complexity index is 338. The molecule has 1 rings (SSSR count). The van der Waals surface area contributed by atoms with Crippen molar-refractivity contribution in [1.82, 2.24) is 5.32 Å². The van der Waals surface area contributed by atoms with Crippen LogP contribution in [0.3, 0.4) is 0 Å². The van der Waals surface area contributed by atoms with Crippen LogP contribution < -0.4 is 16.0 Å². The summed E-state index contributed by atoms with van der Waals surface area (Å²) in [6.07, 6.45) is 0. The third kappa shape index (κ3) is 5.33. The van der Waals surface area contributed by atoms with E-state index in [4.69, 9.17) is 4.74 Å². The van der Waals surface area contributed by atoms with Crippen molar-refractivity contribution in [3.8, 4) is 0 Å². The fraction of sp³-hybridized carbons (Fsp3) is 0.417. The maximum atomic E-state index is 11.5. The van der Waals surface area contributed by atoms with Crippen LogP contribution in [0.5, 0.6) is 0 Å². The van der Waals surface area contributed by atoms with E-state index in [0.717, 1.165) is 17.9 Å². The Morgan fingerprint density at radius 1 is 1.18 bits per heavy atom. The topological polar surface area (TPSA) is 62.4 Å². The number of anilines is 2. The average molecular weight is 237 g/mol. The number of ether oxygens (including phenoxy) is 1. The van der Waals surface area contributed by atoms with Gasteiger partial charge >= 0.3 is 0 Å². The lowest BCUT2D eigenvalue weighted by atomic mass is 10.3. The quantitative estimate of drug-likeness (QED) is 0.617. The van der Waals surface area contributed by atoms with Crippen LogP contribution in [0.25, 0.3) is 0 Å². The van der Waals surface area contributed by atoms with Crippen molar-refractivity contribution in [1.29, 1.82) is 0 Å². The van der Waals surface area contributed by atoms with Gasteiger partial charge in [-0.15, -0.1) is 0 Å². The average Bonchev–Trinajstić information content (AvgIpc) is 2.36. The summed E-state index contributed by atoms with van der Waals surface area (Å²) < 4.78 is 5.17. The second-order valence-electron chi connectivity index (χ2n) is 3.53. The van der Waals surface area contributed by atoms with Crippen LogP contribution in [-0.4, -0.2) is 39.8 Å². The summed E-state index contributed by atoms with van der Waals surface area (Å²) in [6, 6.07) is 7.49. The number of carbonyl (C=O) groups is 1. The molecular formula is C12H19N3O2. The minimum Gasteiger partial charge on any atom is -0.388 e. The molecule has 0 atom stereocenters. The van der Waals surface area contributed by atoms with Crippen molar-refractivity contribution in [2.75, 3.05) is 44.5 Å². The Balaban J connectivity index is 2.29.